The number of para-hydroxylation sites is 1. The van der Waals surface area contributed by atoms with Crippen LogP contribution in [-0.4, -0.2) is 37.1 Å². The predicted molar refractivity (Wildman–Crippen MR) is 76.4 cm³/mol. The van der Waals surface area contributed by atoms with Crippen molar-refractivity contribution in [1.82, 2.24) is 5.32 Å². The van der Waals surface area contributed by atoms with Gasteiger partial charge in [0.05, 0.1) is 6.61 Å². The Kier molecular flexibility index (Phi) is 6.28. The lowest BCUT2D eigenvalue weighted by atomic mass is 10.1. The molecule has 0 radical (unpaired) electrons. The number of aliphatic hydroxyl groups excluding tert-OH is 1. The van der Waals surface area contributed by atoms with Gasteiger partial charge in [-0.3, -0.25) is 0 Å². The quantitative estimate of drug-likeness (QED) is 0.793. The van der Waals surface area contributed by atoms with E-state index in [1.54, 1.807) is 7.11 Å². The van der Waals surface area contributed by atoms with E-state index in [1.165, 1.54) is 0 Å². The molecule has 2 N–H and O–H groups in total. The Morgan fingerprint density at radius 3 is 2.53 bits per heavy atom. The molecule has 0 spiro atoms. The first kappa shape index (κ1) is 16.0. The highest BCUT2D eigenvalue weighted by atomic mass is 16.5. The van der Waals surface area contributed by atoms with Crippen LogP contribution in [0.2, 0.25) is 0 Å². The Hall–Kier alpha value is -1.10. The number of methoxy groups -OCH3 is 1. The number of nitrogens with one attached hydrogen (secondary N) is 1. The van der Waals surface area contributed by atoms with E-state index in [4.69, 9.17) is 9.47 Å². The van der Waals surface area contributed by atoms with Crippen molar-refractivity contribution in [3.63, 3.8) is 0 Å². The Morgan fingerprint density at radius 2 is 1.89 bits per heavy atom. The molecule has 1 atom stereocenters. The second kappa shape index (κ2) is 7.48. The average Bonchev–Trinajstić information content (AvgIpc) is 2.34. The summed E-state index contributed by atoms with van der Waals surface area (Å²) in [5.74, 6) is 0.800. The minimum absolute atomic E-state index is 0.0582. The SMILES string of the molecule is COCC(O)COc1ccccc1CNC(C)(C)C. The normalized spacial score (nSPS) is 13.3. The molecule has 4 heteroatoms. The smallest absolute Gasteiger partial charge is 0.123 e. The second-order valence-electron chi connectivity index (χ2n) is 5.63. The average molecular weight is 267 g/mol. The molecule has 0 amide bonds. The number of hydrogen-bond acceptors (Lipinski definition) is 4. The molecule has 0 aliphatic carbocycles. The molecule has 0 aliphatic heterocycles. The topological polar surface area (TPSA) is 50.7 Å². The van der Waals surface area contributed by atoms with E-state index < -0.39 is 6.10 Å². The van der Waals surface area contributed by atoms with Crippen molar-refractivity contribution in [3.05, 3.63) is 29.8 Å². The van der Waals surface area contributed by atoms with E-state index in [-0.39, 0.29) is 18.8 Å². The van der Waals surface area contributed by atoms with Crippen LogP contribution >= 0.6 is 0 Å². The molecule has 1 aromatic rings. The molecule has 0 saturated heterocycles. The Labute approximate surface area is 115 Å². The summed E-state index contributed by atoms with van der Waals surface area (Å²) in [5.41, 5.74) is 1.14. The fourth-order valence-corrected chi connectivity index (χ4v) is 1.58. The Bertz CT molecular complexity index is 374. The zero-order chi connectivity index (χ0) is 14.3. The standard InChI is InChI=1S/C15H25NO3/c1-15(2,3)16-9-12-7-5-6-8-14(12)19-11-13(17)10-18-4/h5-8,13,16-17H,9-11H2,1-4H3. The van der Waals surface area contributed by atoms with Gasteiger partial charge in [-0.15, -0.1) is 0 Å². The van der Waals surface area contributed by atoms with E-state index in [2.05, 4.69) is 26.1 Å². The monoisotopic (exact) mass is 267 g/mol. The lowest BCUT2D eigenvalue weighted by Gasteiger charge is -2.22. The van der Waals surface area contributed by atoms with Crippen LogP contribution in [0.5, 0.6) is 5.75 Å². The third kappa shape index (κ3) is 6.57. The third-order valence-corrected chi connectivity index (χ3v) is 2.57. The molecule has 1 rings (SSSR count). The Balaban J connectivity index is 2.57. The number of hydrogen-bond donors (Lipinski definition) is 2. The van der Waals surface area contributed by atoms with Gasteiger partial charge in [0.1, 0.15) is 18.5 Å². The highest BCUT2D eigenvalue weighted by Crippen LogP contribution is 2.18. The van der Waals surface area contributed by atoms with Crippen molar-refractivity contribution in [2.75, 3.05) is 20.3 Å². The van der Waals surface area contributed by atoms with Crippen LogP contribution in [0.4, 0.5) is 0 Å². The van der Waals surface area contributed by atoms with E-state index >= 15 is 0 Å². The van der Waals surface area contributed by atoms with Crippen LogP contribution in [0.15, 0.2) is 24.3 Å². The molecule has 108 valence electrons. The van der Waals surface area contributed by atoms with Crippen molar-refractivity contribution < 1.29 is 14.6 Å². The molecule has 4 nitrogen and oxygen atoms in total. The molecule has 19 heavy (non-hydrogen) atoms. The Morgan fingerprint density at radius 1 is 1.21 bits per heavy atom. The highest BCUT2D eigenvalue weighted by Gasteiger charge is 2.11. The molecule has 0 saturated carbocycles. The summed E-state index contributed by atoms with van der Waals surface area (Å²) in [6.07, 6.45) is -0.603. The number of ether oxygens (including phenoxy) is 2. The zero-order valence-electron chi connectivity index (χ0n) is 12.3. The van der Waals surface area contributed by atoms with E-state index in [9.17, 15) is 5.11 Å². The molecule has 1 aromatic carbocycles. The highest BCUT2D eigenvalue weighted by molar-refractivity contribution is 5.33. The predicted octanol–water partition coefficient (Wildman–Crippen LogP) is 1.96. The summed E-state index contributed by atoms with van der Waals surface area (Å²) in [6, 6.07) is 7.85. The first-order chi connectivity index (χ1) is 8.92. The lowest BCUT2D eigenvalue weighted by Crippen LogP contribution is -2.35. The fraction of sp³-hybridized carbons (Fsp3) is 0.600. The van der Waals surface area contributed by atoms with Crippen molar-refractivity contribution in [1.29, 1.82) is 0 Å². The summed E-state index contributed by atoms with van der Waals surface area (Å²) in [7, 11) is 1.56. The molecule has 0 aliphatic rings. The maximum absolute atomic E-state index is 9.59. The van der Waals surface area contributed by atoms with Crippen molar-refractivity contribution in [2.24, 2.45) is 0 Å². The molecular weight excluding hydrogens is 242 g/mol. The minimum Gasteiger partial charge on any atom is -0.490 e. The summed E-state index contributed by atoms with van der Waals surface area (Å²) in [4.78, 5) is 0. The molecule has 1 unspecified atom stereocenters. The lowest BCUT2D eigenvalue weighted by molar-refractivity contribution is 0.0323. The van der Waals surface area contributed by atoms with Crippen LogP contribution in [-0.2, 0) is 11.3 Å². The van der Waals surface area contributed by atoms with Crippen LogP contribution in [0.3, 0.4) is 0 Å². The van der Waals surface area contributed by atoms with Gasteiger partial charge in [0.25, 0.3) is 0 Å². The number of aliphatic hydroxyl groups is 1. The van der Waals surface area contributed by atoms with Crippen LogP contribution < -0.4 is 10.1 Å². The van der Waals surface area contributed by atoms with Gasteiger partial charge in [0, 0.05) is 24.8 Å². The first-order valence-electron chi connectivity index (χ1n) is 6.55. The van der Waals surface area contributed by atoms with Gasteiger partial charge < -0.3 is 19.9 Å². The summed E-state index contributed by atoms with van der Waals surface area (Å²) < 4.78 is 10.5. The van der Waals surface area contributed by atoms with Crippen LogP contribution in [0.1, 0.15) is 26.3 Å². The van der Waals surface area contributed by atoms with Gasteiger partial charge >= 0.3 is 0 Å². The van der Waals surface area contributed by atoms with Crippen LogP contribution in [0.25, 0.3) is 0 Å². The molecule has 0 aromatic heterocycles. The molecular formula is C15H25NO3. The molecule has 0 heterocycles. The van der Waals surface area contributed by atoms with Gasteiger partial charge in [-0.25, -0.2) is 0 Å². The third-order valence-electron chi connectivity index (χ3n) is 2.57. The summed E-state index contributed by atoms with van der Waals surface area (Å²) >= 11 is 0. The maximum Gasteiger partial charge on any atom is 0.123 e. The molecule has 0 bridgehead atoms. The van der Waals surface area contributed by atoms with Crippen LogP contribution in [0, 0.1) is 0 Å². The van der Waals surface area contributed by atoms with Crippen molar-refractivity contribution in [2.45, 2.75) is 39.0 Å². The van der Waals surface area contributed by atoms with Crippen molar-refractivity contribution >= 4 is 0 Å². The largest absolute Gasteiger partial charge is 0.490 e. The zero-order valence-corrected chi connectivity index (χ0v) is 12.3. The maximum atomic E-state index is 9.59. The van der Waals surface area contributed by atoms with E-state index in [0.29, 0.717) is 0 Å². The second-order valence-corrected chi connectivity index (χ2v) is 5.63. The van der Waals surface area contributed by atoms with E-state index in [1.807, 2.05) is 24.3 Å². The first-order valence-corrected chi connectivity index (χ1v) is 6.55. The number of rotatable bonds is 7. The van der Waals surface area contributed by atoms with E-state index in [0.717, 1.165) is 17.9 Å². The van der Waals surface area contributed by atoms with Crippen molar-refractivity contribution in [3.8, 4) is 5.75 Å². The fourth-order valence-electron chi connectivity index (χ4n) is 1.58. The number of benzene rings is 1. The van der Waals surface area contributed by atoms with Gasteiger partial charge in [0.15, 0.2) is 0 Å². The molecule has 0 fully saturated rings. The minimum atomic E-state index is -0.603. The summed E-state index contributed by atoms with van der Waals surface area (Å²) in [5, 5.41) is 13.0. The summed E-state index contributed by atoms with van der Waals surface area (Å²) in [6.45, 7) is 7.62. The van der Waals surface area contributed by atoms with Gasteiger partial charge in [0.2, 0.25) is 0 Å². The van der Waals surface area contributed by atoms with Gasteiger partial charge in [-0.1, -0.05) is 18.2 Å². The van der Waals surface area contributed by atoms with Gasteiger partial charge in [-0.05, 0) is 26.8 Å². The van der Waals surface area contributed by atoms with Gasteiger partial charge in [-0.2, -0.15) is 0 Å².